The number of aromatic nitrogens is 1. The first-order chi connectivity index (χ1) is 12.1. The lowest BCUT2D eigenvalue weighted by atomic mass is 10.1. The lowest BCUT2D eigenvalue weighted by molar-refractivity contribution is -0.115. The number of halogens is 2. The van der Waals surface area contributed by atoms with E-state index in [2.05, 4.69) is 15.6 Å². The van der Waals surface area contributed by atoms with Gasteiger partial charge in [0.15, 0.2) is 0 Å². The Hall–Kier alpha value is -2.92. The number of hydrogen-bond donors (Lipinski definition) is 2. The number of carbonyl (C=O) groups excluding carboxylic acids is 1. The topological polar surface area (TPSA) is 54.0 Å². The third-order valence-corrected chi connectivity index (χ3v) is 3.82. The second-order valence-electron chi connectivity index (χ2n) is 5.35. The molecule has 1 amide bonds. The van der Waals surface area contributed by atoms with Gasteiger partial charge < -0.3 is 10.6 Å². The predicted molar refractivity (Wildman–Crippen MR) is 97.7 cm³/mol. The highest BCUT2D eigenvalue weighted by Crippen LogP contribution is 2.24. The van der Waals surface area contributed by atoms with E-state index in [1.165, 1.54) is 12.3 Å². The summed E-state index contributed by atoms with van der Waals surface area (Å²) in [5.74, 6) is -0.103. The first-order valence-corrected chi connectivity index (χ1v) is 8.00. The van der Waals surface area contributed by atoms with Crippen LogP contribution in [0, 0.1) is 5.82 Å². The van der Waals surface area contributed by atoms with Crippen LogP contribution in [0.5, 0.6) is 0 Å². The molecule has 0 spiro atoms. The number of anilines is 3. The van der Waals surface area contributed by atoms with Gasteiger partial charge >= 0.3 is 0 Å². The van der Waals surface area contributed by atoms with Gasteiger partial charge in [0.1, 0.15) is 11.6 Å². The maximum absolute atomic E-state index is 13.6. The zero-order valence-corrected chi connectivity index (χ0v) is 13.9. The minimum atomic E-state index is -0.393. The summed E-state index contributed by atoms with van der Waals surface area (Å²) in [6, 6.07) is 17.0. The third kappa shape index (κ3) is 4.55. The van der Waals surface area contributed by atoms with Gasteiger partial charge in [0, 0.05) is 0 Å². The van der Waals surface area contributed by atoms with E-state index in [4.69, 9.17) is 11.6 Å². The quantitative estimate of drug-likeness (QED) is 0.691. The second-order valence-corrected chi connectivity index (χ2v) is 5.76. The van der Waals surface area contributed by atoms with Crippen molar-refractivity contribution in [3.63, 3.8) is 0 Å². The second kappa shape index (κ2) is 7.77. The summed E-state index contributed by atoms with van der Waals surface area (Å²) < 4.78 is 13.6. The first kappa shape index (κ1) is 16.9. The molecule has 0 fully saturated rings. The number of hydrogen-bond acceptors (Lipinski definition) is 3. The van der Waals surface area contributed by atoms with E-state index in [1.807, 2.05) is 18.2 Å². The van der Waals surface area contributed by atoms with Gasteiger partial charge in [-0.25, -0.2) is 9.37 Å². The standard InChI is InChI=1S/C19H15ClFN3O/c20-15-6-2-4-8-17(15)24-18-10-9-14(12-22-18)23-19(25)11-13-5-1-3-7-16(13)21/h1-10,12H,11H2,(H,22,24)(H,23,25). The largest absolute Gasteiger partial charge is 0.339 e. The fourth-order valence-corrected chi connectivity index (χ4v) is 2.45. The Balaban J connectivity index is 1.62. The molecule has 0 saturated carbocycles. The molecule has 2 aromatic carbocycles. The Morgan fingerprint density at radius 3 is 2.52 bits per heavy atom. The van der Waals surface area contributed by atoms with Crippen molar-refractivity contribution in [1.82, 2.24) is 4.98 Å². The van der Waals surface area contributed by atoms with Crippen LogP contribution >= 0.6 is 11.6 Å². The molecule has 0 atom stereocenters. The number of carbonyl (C=O) groups is 1. The van der Waals surface area contributed by atoms with E-state index >= 15 is 0 Å². The maximum atomic E-state index is 13.6. The Morgan fingerprint density at radius 1 is 1.04 bits per heavy atom. The van der Waals surface area contributed by atoms with Crippen LogP contribution in [0.3, 0.4) is 0 Å². The van der Waals surface area contributed by atoms with E-state index < -0.39 is 5.82 Å². The van der Waals surface area contributed by atoms with E-state index in [-0.39, 0.29) is 12.3 Å². The summed E-state index contributed by atoms with van der Waals surface area (Å²) in [6.07, 6.45) is 1.49. The van der Waals surface area contributed by atoms with Crippen LogP contribution in [0.25, 0.3) is 0 Å². The van der Waals surface area contributed by atoms with Gasteiger partial charge in [-0.2, -0.15) is 0 Å². The van der Waals surface area contributed by atoms with Gasteiger partial charge in [-0.15, -0.1) is 0 Å². The summed E-state index contributed by atoms with van der Waals surface area (Å²) >= 11 is 6.09. The number of benzene rings is 2. The van der Waals surface area contributed by atoms with Gasteiger partial charge in [0.25, 0.3) is 0 Å². The van der Waals surface area contributed by atoms with Gasteiger partial charge in [0.05, 0.1) is 29.0 Å². The van der Waals surface area contributed by atoms with Crippen molar-refractivity contribution in [3.05, 3.63) is 83.3 Å². The Kier molecular flexibility index (Phi) is 5.26. The number of pyridine rings is 1. The molecule has 0 radical (unpaired) electrons. The van der Waals surface area contributed by atoms with Crippen LogP contribution in [0.15, 0.2) is 66.9 Å². The molecule has 1 aromatic heterocycles. The highest BCUT2D eigenvalue weighted by atomic mass is 35.5. The van der Waals surface area contributed by atoms with Crippen LogP contribution in [0.1, 0.15) is 5.56 Å². The highest BCUT2D eigenvalue weighted by Gasteiger charge is 2.08. The molecule has 0 saturated heterocycles. The molecule has 25 heavy (non-hydrogen) atoms. The number of rotatable bonds is 5. The Bertz CT molecular complexity index is 884. The molecular weight excluding hydrogens is 341 g/mol. The molecule has 126 valence electrons. The summed E-state index contributed by atoms with van der Waals surface area (Å²) in [5.41, 5.74) is 1.63. The Labute approximate surface area is 149 Å². The van der Waals surface area contributed by atoms with E-state index in [9.17, 15) is 9.18 Å². The maximum Gasteiger partial charge on any atom is 0.228 e. The van der Waals surface area contributed by atoms with Crippen molar-refractivity contribution < 1.29 is 9.18 Å². The summed E-state index contributed by atoms with van der Waals surface area (Å²) in [7, 11) is 0. The lowest BCUT2D eigenvalue weighted by Crippen LogP contribution is -2.15. The van der Waals surface area contributed by atoms with Gasteiger partial charge in [0.2, 0.25) is 5.91 Å². The van der Waals surface area contributed by atoms with Gasteiger partial charge in [-0.3, -0.25) is 4.79 Å². The van der Waals surface area contributed by atoms with Crippen LogP contribution in [-0.2, 0) is 11.2 Å². The molecule has 0 unspecified atom stereocenters. The summed E-state index contributed by atoms with van der Waals surface area (Å²) in [6.45, 7) is 0. The molecule has 4 nitrogen and oxygen atoms in total. The summed E-state index contributed by atoms with van der Waals surface area (Å²) in [4.78, 5) is 16.3. The van der Waals surface area contributed by atoms with Crippen molar-refractivity contribution in [1.29, 1.82) is 0 Å². The van der Waals surface area contributed by atoms with Crippen LogP contribution in [0.4, 0.5) is 21.6 Å². The molecule has 3 aromatic rings. The molecule has 0 bridgehead atoms. The molecule has 0 aliphatic carbocycles. The van der Waals surface area contributed by atoms with Crippen LogP contribution < -0.4 is 10.6 Å². The molecule has 0 aliphatic heterocycles. The van der Waals surface area contributed by atoms with E-state index in [0.717, 1.165) is 5.69 Å². The average molecular weight is 356 g/mol. The first-order valence-electron chi connectivity index (χ1n) is 7.63. The SMILES string of the molecule is O=C(Cc1ccccc1F)Nc1ccc(Nc2ccccc2Cl)nc1. The fraction of sp³-hybridized carbons (Fsp3) is 0.0526. The Morgan fingerprint density at radius 2 is 1.80 bits per heavy atom. The number of nitrogens with one attached hydrogen (secondary N) is 2. The summed E-state index contributed by atoms with van der Waals surface area (Å²) in [5, 5.41) is 6.38. The number of nitrogens with zero attached hydrogens (tertiary/aromatic N) is 1. The third-order valence-electron chi connectivity index (χ3n) is 3.49. The molecule has 3 rings (SSSR count). The van der Waals surface area contributed by atoms with Crippen LogP contribution in [-0.4, -0.2) is 10.9 Å². The van der Waals surface area contributed by atoms with Crippen molar-refractivity contribution in [3.8, 4) is 0 Å². The zero-order chi connectivity index (χ0) is 17.6. The normalized spacial score (nSPS) is 10.3. The highest BCUT2D eigenvalue weighted by molar-refractivity contribution is 6.33. The predicted octanol–water partition coefficient (Wildman–Crippen LogP) is 4.80. The van der Waals surface area contributed by atoms with Crippen molar-refractivity contribution in [2.75, 3.05) is 10.6 Å². The smallest absolute Gasteiger partial charge is 0.228 e. The number of para-hydroxylation sites is 1. The average Bonchev–Trinajstić information content (AvgIpc) is 2.61. The molecular formula is C19H15ClFN3O. The van der Waals surface area contributed by atoms with E-state index in [1.54, 1.807) is 36.4 Å². The molecule has 6 heteroatoms. The van der Waals surface area contributed by atoms with Crippen molar-refractivity contribution in [2.45, 2.75) is 6.42 Å². The van der Waals surface area contributed by atoms with Crippen LogP contribution in [0.2, 0.25) is 5.02 Å². The van der Waals surface area contributed by atoms with Gasteiger partial charge in [-0.05, 0) is 35.9 Å². The minimum absolute atomic E-state index is 0.0354. The zero-order valence-electron chi connectivity index (χ0n) is 13.2. The van der Waals surface area contributed by atoms with E-state index in [0.29, 0.717) is 22.1 Å². The monoisotopic (exact) mass is 355 g/mol. The molecule has 2 N–H and O–H groups in total. The lowest BCUT2D eigenvalue weighted by Gasteiger charge is -2.09. The minimum Gasteiger partial charge on any atom is -0.339 e. The molecule has 1 heterocycles. The number of amides is 1. The molecule has 0 aliphatic rings. The van der Waals surface area contributed by atoms with Crippen molar-refractivity contribution >= 4 is 34.7 Å². The van der Waals surface area contributed by atoms with Crippen molar-refractivity contribution in [2.24, 2.45) is 0 Å². The fourth-order valence-electron chi connectivity index (χ4n) is 2.26. The van der Waals surface area contributed by atoms with Gasteiger partial charge in [-0.1, -0.05) is 41.9 Å².